The van der Waals surface area contributed by atoms with Crippen LogP contribution >= 0.6 is 38.9 Å². The highest BCUT2D eigenvalue weighted by Crippen LogP contribution is 2.30. The van der Waals surface area contributed by atoms with Crippen LogP contribution in [0.1, 0.15) is 5.56 Å². The van der Waals surface area contributed by atoms with Crippen molar-refractivity contribution >= 4 is 49.8 Å². The number of carbonyl (C=O) groups is 1. The Labute approximate surface area is 171 Å². The third kappa shape index (κ3) is 4.91. The van der Waals surface area contributed by atoms with E-state index >= 15 is 0 Å². The van der Waals surface area contributed by atoms with E-state index in [4.69, 9.17) is 11.6 Å². The Morgan fingerprint density at radius 3 is 2.48 bits per heavy atom. The Bertz CT molecular complexity index is 978. The van der Waals surface area contributed by atoms with Gasteiger partial charge in [0.1, 0.15) is 0 Å². The van der Waals surface area contributed by atoms with Crippen molar-refractivity contribution < 1.29 is 18.0 Å². The molecule has 2 aromatic carbocycles. The molecule has 0 spiro atoms. The number of carbonyl (C=O) groups excluding carboxylic acids is 1. The highest BCUT2D eigenvalue weighted by molar-refractivity contribution is 9.10. The lowest BCUT2D eigenvalue weighted by atomic mass is 10.1. The molecule has 1 unspecified atom stereocenters. The van der Waals surface area contributed by atoms with E-state index in [0.29, 0.717) is 5.00 Å². The zero-order chi connectivity index (χ0) is 19.6. The van der Waals surface area contributed by atoms with Crippen LogP contribution in [-0.4, -0.2) is 12.1 Å². The van der Waals surface area contributed by atoms with Crippen LogP contribution in [0.3, 0.4) is 0 Å². The predicted molar refractivity (Wildman–Crippen MR) is 106 cm³/mol. The smallest absolute Gasteiger partial charge is 0.259 e. The van der Waals surface area contributed by atoms with Crippen LogP contribution in [-0.2, 0) is 11.2 Å². The lowest BCUT2D eigenvalue weighted by Crippen LogP contribution is -2.25. The van der Waals surface area contributed by atoms with Gasteiger partial charge in [-0.2, -0.15) is 0 Å². The maximum absolute atomic E-state index is 14.3. The van der Waals surface area contributed by atoms with E-state index in [2.05, 4.69) is 21.2 Å². The average molecular weight is 475 g/mol. The van der Waals surface area contributed by atoms with Crippen molar-refractivity contribution in [3.05, 3.63) is 74.5 Å². The van der Waals surface area contributed by atoms with Gasteiger partial charge in [0.25, 0.3) is 5.91 Å². The van der Waals surface area contributed by atoms with Crippen LogP contribution in [0.25, 0.3) is 11.1 Å². The molecular formula is C19H12BrClF3NOS. The molecule has 3 aromatic rings. The SMILES string of the molecule is O=C(Nc1cc(-c2ccc(Br)cc2)cs1)C(F)Cc1cc(F)c(F)cc1Cl. The molecule has 0 bridgehead atoms. The molecule has 0 aliphatic rings. The summed E-state index contributed by atoms with van der Waals surface area (Å²) in [5.41, 5.74) is 1.88. The maximum atomic E-state index is 14.3. The molecule has 0 saturated heterocycles. The summed E-state index contributed by atoms with van der Waals surface area (Å²) in [6.45, 7) is 0. The van der Waals surface area contributed by atoms with Crippen molar-refractivity contribution in [2.24, 2.45) is 0 Å². The number of anilines is 1. The second kappa shape index (κ2) is 8.46. The summed E-state index contributed by atoms with van der Waals surface area (Å²) in [5.74, 6) is -3.14. The van der Waals surface area contributed by atoms with Crippen molar-refractivity contribution in [3.8, 4) is 11.1 Å². The molecule has 1 atom stereocenters. The van der Waals surface area contributed by atoms with Gasteiger partial charge < -0.3 is 5.32 Å². The van der Waals surface area contributed by atoms with Crippen LogP contribution in [0, 0.1) is 11.6 Å². The topological polar surface area (TPSA) is 29.1 Å². The van der Waals surface area contributed by atoms with Gasteiger partial charge in [0.15, 0.2) is 17.8 Å². The minimum atomic E-state index is -1.95. The number of benzene rings is 2. The molecule has 1 heterocycles. The van der Waals surface area contributed by atoms with E-state index in [1.54, 1.807) is 6.07 Å². The van der Waals surface area contributed by atoms with Crippen molar-refractivity contribution in [1.29, 1.82) is 0 Å². The third-order valence-corrected chi connectivity index (χ3v) is 5.52. The first kappa shape index (κ1) is 19.9. The number of amides is 1. The van der Waals surface area contributed by atoms with Crippen LogP contribution in [0.5, 0.6) is 0 Å². The molecule has 1 N–H and O–H groups in total. The molecule has 1 aromatic heterocycles. The van der Waals surface area contributed by atoms with Gasteiger partial charge in [-0.3, -0.25) is 4.79 Å². The highest BCUT2D eigenvalue weighted by Gasteiger charge is 2.21. The molecule has 2 nitrogen and oxygen atoms in total. The van der Waals surface area contributed by atoms with E-state index in [0.717, 1.165) is 27.7 Å². The molecule has 0 radical (unpaired) electrons. The molecule has 3 rings (SSSR count). The van der Waals surface area contributed by atoms with Gasteiger partial charge >= 0.3 is 0 Å². The molecule has 0 aliphatic heterocycles. The number of hydrogen-bond acceptors (Lipinski definition) is 2. The zero-order valence-corrected chi connectivity index (χ0v) is 16.8. The van der Waals surface area contributed by atoms with Gasteiger partial charge in [0, 0.05) is 21.3 Å². The van der Waals surface area contributed by atoms with E-state index in [-0.39, 0.29) is 10.6 Å². The fraction of sp³-hybridized carbons (Fsp3) is 0.105. The Morgan fingerprint density at radius 1 is 1.11 bits per heavy atom. The van der Waals surface area contributed by atoms with Crippen LogP contribution in [0.4, 0.5) is 18.2 Å². The average Bonchev–Trinajstić information content (AvgIpc) is 3.08. The largest absolute Gasteiger partial charge is 0.315 e. The molecular weight excluding hydrogens is 463 g/mol. The molecule has 0 fully saturated rings. The van der Waals surface area contributed by atoms with E-state index in [9.17, 15) is 18.0 Å². The second-order valence-corrected chi connectivity index (χ2v) is 7.96. The number of thiophene rings is 1. The number of rotatable bonds is 5. The van der Waals surface area contributed by atoms with Gasteiger partial charge in [-0.1, -0.05) is 39.7 Å². The first-order valence-corrected chi connectivity index (χ1v) is 9.81. The molecule has 1 amide bonds. The van der Waals surface area contributed by atoms with Crippen LogP contribution in [0.2, 0.25) is 5.02 Å². The lowest BCUT2D eigenvalue weighted by molar-refractivity contribution is -0.120. The molecule has 8 heteroatoms. The summed E-state index contributed by atoms with van der Waals surface area (Å²) in [6.07, 6.45) is -2.40. The molecule has 0 saturated carbocycles. The Morgan fingerprint density at radius 2 is 1.78 bits per heavy atom. The minimum Gasteiger partial charge on any atom is -0.315 e. The summed E-state index contributed by atoms with van der Waals surface area (Å²) in [5, 5.41) is 4.70. The summed E-state index contributed by atoms with van der Waals surface area (Å²) in [6, 6.07) is 10.9. The highest BCUT2D eigenvalue weighted by atomic mass is 79.9. The van der Waals surface area contributed by atoms with Gasteiger partial charge in [0.2, 0.25) is 0 Å². The van der Waals surface area contributed by atoms with Crippen molar-refractivity contribution in [2.45, 2.75) is 12.6 Å². The van der Waals surface area contributed by atoms with E-state index < -0.39 is 30.1 Å². The van der Waals surface area contributed by atoms with Gasteiger partial charge in [0.05, 0.1) is 5.00 Å². The summed E-state index contributed by atoms with van der Waals surface area (Å²) in [7, 11) is 0. The quantitative estimate of drug-likeness (QED) is 0.413. The monoisotopic (exact) mass is 473 g/mol. The minimum absolute atomic E-state index is 0.0277. The lowest BCUT2D eigenvalue weighted by Gasteiger charge is -2.10. The Balaban J connectivity index is 1.67. The number of nitrogens with one attached hydrogen (secondary N) is 1. The van der Waals surface area contributed by atoms with Gasteiger partial charge in [-0.25, -0.2) is 13.2 Å². The summed E-state index contributed by atoms with van der Waals surface area (Å²) >= 11 is 10.4. The maximum Gasteiger partial charge on any atom is 0.259 e. The van der Waals surface area contributed by atoms with Gasteiger partial charge in [-0.15, -0.1) is 11.3 Å². The van der Waals surface area contributed by atoms with Crippen LogP contribution < -0.4 is 5.32 Å². The second-order valence-electron chi connectivity index (χ2n) is 5.73. The van der Waals surface area contributed by atoms with E-state index in [1.807, 2.05) is 29.6 Å². The third-order valence-electron chi connectivity index (χ3n) is 3.80. The molecule has 27 heavy (non-hydrogen) atoms. The standard InChI is InChI=1S/C19H12BrClF3NOS/c20-13-3-1-10(2-4-13)12-7-18(27-9-12)25-19(26)17(24)6-11-5-15(22)16(23)8-14(11)21/h1-5,7-9,17H,6H2,(H,25,26). The predicted octanol–water partition coefficient (Wildman–Crippen LogP) is 6.63. The number of hydrogen-bond donors (Lipinski definition) is 1. The summed E-state index contributed by atoms with van der Waals surface area (Å²) in [4.78, 5) is 12.1. The van der Waals surface area contributed by atoms with Crippen LogP contribution in [0.15, 0.2) is 52.3 Å². The Hall–Kier alpha value is -1.83. The van der Waals surface area contributed by atoms with Crippen molar-refractivity contribution in [1.82, 2.24) is 0 Å². The van der Waals surface area contributed by atoms with E-state index in [1.165, 1.54) is 11.3 Å². The normalized spacial score (nSPS) is 12.0. The molecule has 140 valence electrons. The first-order valence-electron chi connectivity index (χ1n) is 7.76. The Kier molecular flexibility index (Phi) is 6.24. The first-order chi connectivity index (χ1) is 12.8. The molecule has 0 aliphatic carbocycles. The van der Waals surface area contributed by atoms with Gasteiger partial charge in [-0.05, 0) is 47.0 Å². The summed E-state index contributed by atoms with van der Waals surface area (Å²) < 4.78 is 41.6. The fourth-order valence-electron chi connectivity index (χ4n) is 2.40. The fourth-order valence-corrected chi connectivity index (χ4v) is 3.71. The number of halogens is 5. The van der Waals surface area contributed by atoms with Crippen molar-refractivity contribution in [3.63, 3.8) is 0 Å². The zero-order valence-electron chi connectivity index (χ0n) is 13.6. The van der Waals surface area contributed by atoms with Crippen molar-refractivity contribution in [2.75, 3.05) is 5.32 Å². The number of alkyl halides is 1.